The van der Waals surface area contributed by atoms with E-state index >= 15 is 0 Å². The van der Waals surface area contributed by atoms with Crippen LogP contribution in [0.1, 0.15) is 26.3 Å². The molecular formula is C15H12N4O4. The molecule has 0 aliphatic carbocycles. The number of aromatic carboxylic acids is 1. The van der Waals surface area contributed by atoms with Gasteiger partial charge in [-0.2, -0.15) is 0 Å². The smallest absolute Gasteiger partial charge is 0.335 e. The van der Waals surface area contributed by atoms with Crippen LogP contribution < -0.4 is 5.32 Å². The minimum Gasteiger partial charge on any atom is -0.506 e. The predicted octanol–water partition coefficient (Wildman–Crippen LogP) is 2.70. The number of carboxylic acid groups (broad SMARTS) is 1. The van der Waals surface area contributed by atoms with Gasteiger partial charge in [0.2, 0.25) is 0 Å². The zero-order chi connectivity index (χ0) is 17.0. The molecule has 8 heteroatoms. The zero-order valence-corrected chi connectivity index (χ0v) is 11.7. The van der Waals surface area contributed by atoms with Crippen LogP contribution in [0.3, 0.4) is 0 Å². The first-order valence-corrected chi connectivity index (χ1v) is 6.36. The van der Waals surface area contributed by atoms with Gasteiger partial charge in [-0.05, 0) is 30.3 Å². The molecule has 0 unspecified atom stereocenters. The average molecular weight is 312 g/mol. The van der Waals surface area contributed by atoms with Gasteiger partial charge in [-0.25, -0.2) is 10.3 Å². The highest BCUT2D eigenvalue weighted by Crippen LogP contribution is 2.25. The quantitative estimate of drug-likeness (QED) is 0.255. The van der Waals surface area contributed by atoms with Crippen molar-refractivity contribution in [3.05, 3.63) is 59.2 Å². The number of carbonyl (C=O) groups excluding carboxylic acids is 1. The van der Waals surface area contributed by atoms with Crippen LogP contribution in [-0.2, 0) is 0 Å². The van der Waals surface area contributed by atoms with Gasteiger partial charge in [0.25, 0.3) is 5.91 Å². The standard InChI is InChI=1S/C15H12N4O4/c16-13(19-17)8-1-3-9(4-2-8)14(21)18-11-6-5-10(15(22)23)7-12(11)20/h1-7,16-17,20H,(H,18,21)(H,22,23). The third-order valence-corrected chi connectivity index (χ3v) is 3.03. The van der Waals surface area contributed by atoms with E-state index in [9.17, 15) is 14.7 Å². The molecule has 2 rings (SSSR count). The molecule has 8 nitrogen and oxygen atoms in total. The lowest BCUT2D eigenvalue weighted by atomic mass is 10.1. The van der Waals surface area contributed by atoms with E-state index in [4.69, 9.17) is 16.0 Å². The van der Waals surface area contributed by atoms with Crippen LogP contribution in [0.5, 0.6) is 5.75 Å². The van der Waals surface area contributed by atoms with Gasteiger partial charge >= 0.3 is 5.97 Å². The number of amidine groups is 1. The summed E-state index contributed by atoms with van der Waals surface area (Å²) in [7, 11) is 0. The molecule has 0 atom stereocenters. The maximum atomic E-state index is 12.1. The lowest BCUT2D eigenvalue weighted by Gasteiger charge is -2.08. The number of aromatic hydroxyl groups is 1. The van der Waals surface area contributed by atoms with Gasteiger partial charge in [0.05, 0.1) is 11.3 Å². The van der Waals surface area contributed by atoms with Crippen LogP contribution in [-0.4, -0.2) is 27.9 Å². The summed E-state index contributed by atoms with van der Waals surface area (Å²) in [5.41, 5.74) is 7.41. The molecule has 2 aromatic rings. The highest BCUT2D eigenvalue weighted by atomic mass is 16.4. The Morgan fingerprint density at radius 2 is 1.57 bits per heavy atom. The molecular weight excluding hydrogens is 300 g/mol. The molecule has 0 fully saturated rings. The second-order valence-electron chi connectivity index (χ2n) is 4.53. The third kappa shape index (κ3) is 3.56. The Kier molecular flexibility index (Phi) is 4.46. The second-order valence-corrected chi connectivity index (χ2v) is 4.53. The summed E-state index contributed by atoms with van der Waals surface area (Å²) < 4.78 is 0. The molecule has 23 heavy (non-hydrogen) atoms. The number of rotatable bonds is 4. The summed E-state index contributed by atoms with van der Waals surface area (Å²) in [6.45, 7) is 0. The number of carbonyl (C=O) groups is 2. The van der Waals surface area contributed by atoms with Crippen molar-refractivity contribution in [3.8, 4) is 5.75 Å². The van der Waals surface area contributed by atoms with Crippen LogP contribution >= 0.6 is 0 Å². The minimum absolute atomic E-state index is 0.0815. The molecule has 0 aliphatic heterocycles. The molecule has 0 aliphatic rings. The Hall–Kier alpha value is -3.55. The maximum absolute atomic E-state index is 12.1. The van der Waals surface area contributed by atoms with Crippen molar-refractivity contribution in [3.63, 3.8) is 0 Å². The molecule has 0 radical (unpaired) electrons. The molecule has 0 aromatic heterocycles. The first kappa shape index (κ1) is 15.8. The van der Waals surface area contributed by atoms with Gasteiger partial charge in [0.1, 0.15) is 5.75 Å². The van der Waals surface area contributed by atoms with Crippen molar-refractivity contribution in [1.29, 1.82) is 10.9 Å². The summed E-state index contributed by atoms with van der Waals surface area (Å²) in [5.74, 6) is -2.27. The lowest BCUT2D eigenvalue weighted by molar-refractivity contribution is 0.0696. The van der Waals surface area contributed by atoms with Crippen molar-refractivity contribution >= 4 is 23.4 Å². The van der Waals surface area contributed by atoms with Crippen LogP contribution in [0.15, 0.2) is 47.6 Å². The normalized spacial score (nSPS) is 9.91. The van der Waals surface area contributed by atoms with Crippen LogP contribution in [0.25, 0.3) is 0 Å². The molecule has 1 amide bonds. The Balaban J connectivity index is 2.17. The fourth-order valence-electron chi connectivity index (χ4n) is 1.81. The van der Waals surface area contributed by atoms with Crippen molar-refractivity contribution < 1.29 is 19.8 Å². The fraction of sp³-hybridized carbons (Fsp3) is 0. The Labute approximate surface area is 130 Å². The number of benzene rings is 2. The summed E-state index contributed by atoms with van der Waals surface area (Å²) in [6.07, 6.45) is 0. The number of anilines is 1. The van der Waals surface area contributed by atoms with Gasteiger partial charge in [-0.1, -0.05) is 12.1 Å². The van der Waals surface area contributed by atoms with E-state index in [0.29, 0.717) is 5.56 Å². The van der Waals surface area contributed by atoms with Crippen LogP contribution in [0, 0.1) is 10.9 Å². The zero-order valence-electron chi connectivity index (χ0n) is 11.7. The number of carboxylic acids is 1. The van der Waals surface area contributed by atoms with Gasteiger partial charge in [-0.3, -0.25) is 10.2 Å². The first-order chi connectivity index (χ1) is 10.9. The van der Waals surface area contributed by atoms with Crippen molar-refractivity contribution in [1.82, 2.24) is 0 Å². The van der Waals surface area contributed by atoms with E-state index in [-0.39, 0.29) is 28.4 Å². The number of amides is 1. The lowest BCUT2D eigenvalue weighted by Crippen LogP contribution is -2.12. The molecule has 0 saturated carbocycles. The number of phenolic OH excluding ortho intramolecular Hbond substituents is 1. The molecule has 0 heterocycles. The monoisotopic (exact) mass is 312 g/mol. The number of nitrogens with one attached hydrogen (secondary N) is 3. The second kappa shape index (κ2) is 6.48. The summed E-state index contributed by atoms with van der Waals surface area (Å²) in [6, 6.07) is 9.45. The Morgan fingerprint density at radius 1 is 1.00 bits per heavy atom. The largest absolute Gasteiger partial charge is 0.506 e. The molecule has 5 N–H and O–H groups in total. The van der Waals surface area contributed by atoms with E-state index in [1.807, 2.05) is 0 Å². The van der Waals surface area contributed by atoms with E-state index in [1.165, 1.54) is 36.4 Å². The minimum atomic E-state index is -1.18. The van der Waals surface area contributed by atoms with Crippen molar-refractivity contribution in [2.75, 3.05) is 5.32 Å². The highest BCUT2D eigenvalue weighted by Gasteiger charge is 2.12. The Bertz CT molecular complexity index is 800. The topological polar surface area (TPSA) is 147 Å². The van der Waals surface area contributed by atoms with E-state index in [1.54, 1.807) is 0 Å². The van der Waals surface area contributed by atoms with Crippen LogP contribution in [0.2, 0.25) is 0 Å². The van der Waals surface area contributed by atoms with E-state index in [0.717, 1.165) is 6.07 Å². The van der Waals surface area contributed by atoms with Crippen LogP contribution in [0.4, 0.5) is 5.69 Å². The summed E-state index contributed by atoms with van der Waals surface area (Å²) >= 11 is 0. The summed E-state index contributed by atoms with van der Waals surface area (Å²) in [4.78, 5) is 22.9. The van der Waals surface area contributed by atoms with Gasteiger partial charge in [0.15, 0.2) is 5.84 Å². The SMILES string of the molecule is N=NC(=N)c1ccc(C(=O)Nc2ccc(C(=O)O)cc2O)cc1. The number of phenols is 1. The van der Waals surface area contributed by atoms with E-state index in [2.05, 4.69) is 10.4 Å². The predicted molar refractivity (Wildman–Crippen MR) is 81.4 cm³/mol. The Morgan fingerprint density at radius 3 is 2.09 bits per heavy atom. The molecule has 0 bridgehead atoms. The molecule has 2 aromatic carbocycles. The van der Waals surface area contributed by atoms with Gasteiger partial charge in [-0.15, -0.1) is 5.11 Å². The van der Waals surface area contributed by atoms with Gasteiger partial charge < -0.3 is 15.5 Å². The summed E-state index contributed by atoms with van der Waals surface area (Å²) in [5, 5.41) is 31.4. The first-order valence-electron chi connectivity index (χ1n) is 6.36. The number of hydrogen-bond acceptors (Lipinski definition) is 5. The fourth-order valence-corrected chi connectivity index (χ4v) is 1.81. The third-order valence-electron chi connectivity index (χ3n) is 3.03. The van der Waals surface area contributed by atoms with Crippen molar-refractivity contribution in [2.24, 2.45) is 5.11 Å². The maximum Gasteiger partial charge on any atom is 0.335 e. The number of hydrogen-bond donors (Lipinski definition) is 5. The molecule has 0 saturated heterocycles. The molecule has 0 spiro atoms. The highest BCUT2D eigenvalue weighted by molar-refractivity contribution is 6.06. The van der Waals surface area contributed by atoms with Gasteiger partial charge in [0, 0.05) is 11.1 Å². The average Bonchev–Trinajstić information content (AvgIpc) is 2.55. The van der Waals surface area contributed by atoms with E-state index < -0.39 is 11.9 Å². The molecule has 116 valence electrons. The number of nitrogens with zero attached hydrogens (tertiary/aromatic N) is 1. The van der Waals surface area contributed by atoms with Crippen molar-refractivity contribution in [2.45, 2.75) is 0 Å².